The van der Waals surface area contributed by atoms with Crippen LogP contribution in [0.2, 0.25) is 5.02 Å². The molecule has 7 nitrogen and oxygen atoms in total. The second kappa shape index (κ2) is 8.93. The molecule has 0 heterocycles. The molecule has 0 unspecified atom stereocenters. The number of nitrogens with one attached hydrogen (secondary N) is 2. The van der Waals surface area contributed by atoms with Gasteiger partial charge in [0.2, 0.25) is 0 Å². The van der Waals surface area contributed by atoms with Gasteiger partial charge in [-0.25, -0.2) is 13.2 Å². The number of allylic oxidation sites excluding steroid dienone is 1. The summed E-state index contributed by atoms with van der Waals surface area (Å²) < 4.78 is 32.0. The van der Waals surface area contributed by atoms with Gasteiger partial charge in [0.05, 0.1) is 28.1 Å². The van der Waals surface area contributed by atoms with Crippen molar-refractivity contribution in [3.63, 3.8) is 0 Å². The molecular formula is C20H27ClN2O5S. The molecule has 2 aliphatic carbocycles. The van der Waals surface area contributed by atoms with Crippen molar-refractivity contribution in [2.45, 2.75) is 67.7 Å². The van der Waals surface area contributed by atoms with Crippen LogP contribution >= 0.6 is 11.6 Å². The smallest absolute Gasteiger partial charge is 0.319 e. The zero-order chi connectivity index (χ0) is 21.2. The molecule has 0 bridgehead atoms. The second-order valence-corrected chi connectivity index (χ2v) is 10.1. The molecule has 1 saturated carbocycles. The maximum Gasteiger partial charge on any atom is 0.319 e. The van der Waals surface area contributed by atoms with Crippen LogP contribution in [0.1, 0.15) is 45.4 Å². The number of anilines is 1. The fraction of sp³-hybridized carbons (Fsp3) is 0.550. The first-order chi connectivity index (χ1) is 13.8. The largest absolute Gasteiger partial charge is 0.504 e. The van der Waals surface area contributed by atoms with E-state index in [1.54, 1.807) is 0 Å². The molecule has 3 atom stereocenters. The van der Waals surface area contributed by atoms with Crippen molar-refractivity contribution in [3.05, 3.63) is 28.8 Å². The predicted octanol–water partition coefficient (Wildman–Crippen LogP) is 4.01. The first-order valence-corrected chi connectivity index (χ1v) is 11.7. The van der Waals surface area contributed by atoms with E-state index in [4.69, 9.17) is 16.3 Å². The monoisotopic (exact) mass is 442 g/mol. The van der Waals surface area contributed by atoms with Gasteiger partial charge in [0.15, 0.2) is 15.6 Å². The van der Waals surface area contributed by atoms with Gasteiger partial charge in [0.25, 0.3) is 0 Å². The minimum atomic E-state index is -3.96. The number of urea groups is 1. The lowest BCUT2D eigenvalue weighted by Crippen LogP contribution is -2.38. The van der Waals surface area contributed by atoms with Crippen molar-refractivity contribution in [2.75, 3.05) is 12.4 Å². The molecule has 3 N–H and O–H groups in total. The molecule has 0 radical (unpaired) electrons. The third-order valence-electron chi connectivity index (χ3n) is 5.74. The Balaban J connectivity index is 1.86. The maximum atomic E-state index is 13.3. The van der Waals surface area contributed by atoms with Gasteiger partial charge in [0, 0.05) is 7.11 Å². The van der Waals surface area contributed by atoms with Crippen LogP contribution in [0.5, 0.6) is 5.75 Å². The molecule has 0 aromatic heterocycles. The Labute approximate surface area is 176 Å². The van der Waals surface area contributed by atoms with Crippen LogP contribution in [0, 0.1) is 0 Å². The van der Waals surface area contributed by atoms with E-state index < -0.39 is 33.0 Å². The highest BCUT2D eigenvalue weighted by molar-refractivity contribution is 7.92. The van der Waals surface area contributed by atoms with Crippen LogP contribution in [0.3, 0.4) is 0 Å². The van der Waals surface area contributed by atoms with Crippen LogP contribution in [0.25, 0.3) is 0 Å². The highest BCUT2D eigenvalue weighted by atomic mass is 35.5. The molecule has 29 heavy (non-hydrogen) atoms. The van der Waals surface area contributed by atoms with Gasteiger partial charge in [0.1, 0.15) is 4.90 Å². The van der Waals surface area contributed by atoms with Crippen LogP contribution in [-0.4, -0.2) is 44.1 Å². The highest BCUT2D eigenvalue weighted by Crippen LogP contribution is 2.41. The fourth-order valence-electron chi connectivity index (χ4n) is 4.11. The first-order valence-electron chi connectivity index (χ1n) is 9.78. The minimum absolute atomic E-state index is 0.00474. The average Bonchev–Trinajstić information content (AvgIpc) is 3.08. The molecule has 0 saturated heterocycles. The number of benzene rings is 1. The summed E-state index contributed by atoms with van der Waals surface area (Å²) in [6.45, 7) is 1.94. The summed E-state index contributed by atoms with van der Waals surface area (Å²) in [4.78, 5) is 12.0. The van der Waals surface area contributed by atoms with Crippen molar-refractivity contribution < 1.29 is 23.1 Å². The number of rotatable bonds is 5. The Bertz CT molecular complexity index is 916. The van der Waals surface area contributed by atoms with Crippen LogP contribution in [-0.2, 0) is 14.6 Å². The standard InChI is InChI=1S/C20H27ClN2O5S/c1-12-6-5-7-14(12)22-20(25)23-15-11-10-13(21)19(18(15)24)29(26,27)17-9-4-3-8-16(17)28-2/h6,10-11,14,16-17,24H,3-5,7-9H2,1-2H3,(H2,22,23,25)/t14-,16-,17-/m1/s1. The van der Waals surface area contributed by atoms with E-state index in [-0.39, 0.29) is 21.6 Å². The number of aromatic hydroxyl groups is 1. The first kappa shape index (κ1) is 21.9. The number of ether oxygens (including phenoxy) is 1. The third-order valence-corrected chi connectivity index (χ3v) is 8.48. The molecule has 1 aromatic carbocycles. The van der Waals surface area contributed by atoms with E-state index in [1.165, 1.54) is 19.2 Å². The van der Waals surface area contributed by atoms with Crippen LogP contribution in [0.4, 0.5) is 10.5 Å². The Morgan fingerprint density at radius 2 is 1.97 bits per heavy atom. The summed E-state index contributed by atoms with van der Waals surface area (Å²) in [5, 5.41) is 15.2. The number of hydrogen-bond acceptors (Lipinski definition) is 5. The third kappa shape index (κ3) is 4.54. The number of phenols is 1. The zero-order valence-corrected chi connectivity index (χ0v) is 18.1. The number of methoxy groups -OCH3 is 1. The van der Waals surface area contributed by atoms with E-state index in [0.29, 0.717) is 12.8 Å². The number of amides is 2. The van der Waals surface area contributed by atoms with Gasteiger partial charge in [-0.1, -0.05) is 36.1 Å². The molecule has 2 amide bonds. The molecule has 0 spiro atoms. The highest BCUT2D eigenvalue weighted by Gasteiger charge is 2.40. The quantitative estimate of drug-likeness (QED) is 0.472. The maximum absolute atomic E-state index is 13.3. The zero-order valence-electron chi connectivity index (χ0n) is 16.6. The summed E-state index contributed by atoms with van der Waals surface area (Å²) in [5.41, 5.74) is 1.07. The molecule has 9 heteroatoms. The molecule has 0 aliphatic heterocycles. The van der Waals surface area contributed by atoms with Gasteiger partial charge in [-0.05, 0) is 44.7 Å². The van der Waals surface area contributed by atoms with Gasteiger partial charge >= 0.3 is 6.03 Å². The lowest BCUT2D eigenvalue weighted by Gasteiger charge is -2.30. The van der Waals surface area contributed by atoms with Crippen molar-refractivity contribution in [3.8, 4) is 5.75 Å². The van der Waals surface area contributed by atoms with E-state index in [2.05, 4.69) is 16.7 Å². The van der Waals surface area contributed by atoms with E-state index in [9.17, 15) is 18.3 Å². The topological polar surface area (TPSA) is 105 Å². The second-order valence-electron chi connectivity index (χ2n) is 7.59. The van der Waals surface area contributed by atoms with Crippen LogP contribution in [0.15, 0.2) is 28.7 Å². The summed E-state index contributed by atoms with van der Waals surface area (Å²) >= 11 is 6.17. The van der Waals surface area contributed by atoms with Gasteiger partial charge < -0.3 is 20.5 Å². The summed E-state index contributed by atoms with van der Waals surface area (Å²) in [7, 11) is -2.47. The van der Waals surface area contributed by atoms with Gasteiger partial charge in [-0.2, -0.15) is 0 Å². The molecule has 160 valence electrons. The lowest BCUT2D eigenvalue weighted by atomic mass is 9.97. The molecular weight excluding hydrogens is 416 g/mol. The van der Waals surface area contributed by atoms with E-state index in [1.807, 2.05) is 6.92 Å². The number of carbonyl (C=O) groups is 1. The fourth-order valence-corrected chi connectivity index (χ4v) is 6.73. The average molecular weight is 443 g/mol. The Morgan fingerprint density at radius 3 is 2.62 bits per heavy atom. The van der Waals surface area contributed by atoms with Gasteiger partial charge in [-0.15, -0.1) is 0 Å². The minimum Gasteiger partial charge on any atom is -0.504 e. The van der Waals surface area contributed by atoms with Crippen LogP contribution < -0.4 is 10.6 Å². The van der Waals surface area contributed by atoms with E-state index in [0.717, 1.165) is 31.3 Å². The Hall–Kier alpha value is -1.77. The van der Waals surface area contributed by atoms with E-state index >= 15 is 0 Å². The Morgan fingerprint density at radius 1 is 1.24 bits per heavy atom. The molecule has 2 aliphatic rings. The predicted molar refractivity (Wildman–Crippen MR) is 112 cm³/mol. The summed E-state index contributed by atoms with van der Waals surface area (Å²) in [6, 6.07) is 2.17. The molecule has 1 aromatic rings. The number of carbonyl (C=O) groups excluding carboxylic acids is 1. The summed E-state index contributed by atoms with van der Waals surface area (Å²) in [6.07, 6.45) is 6.03. The SMILES string of the molecule is CO[C@@H]1CCCC[C@H]1S(=O)(=O)c1c(Cl)ccc(NC(=O)N[C@@H]2CCC=C2C)c1O. The number of sulfone groups is 1. The normalized spacial score (nSPS) is 24.8. The van der Waals surface area contributed by atoms with Crippen molar-refractivity contribution >= 4 is 33.2 Å². The molecule has 3 rings (SSSR count). The number of hydrogen-bond donors (Lipinski definition) is 3. The van der Waals surface area contributed by atoms with Crippen molar-refractivity contribution in [1.29, 1.82) is 0 Å². The summed E-state index contributed by atoms with van der Waals surface area (Å²) in [5.74, 6) is -0.549. The lowest BCUT2D eigenvalue weighted by molar-refractivity contribution is 0.0737. The van der Waals surface area contributed by atoms with Gasteiger partial charge in [-0.3, -0.25) is 0 Å². The van der Waals surface area contributed by atoms with Crippen molar-refractivity contribution in [2.24, 2.45) is 0 Å². The van der Waals surface area contributed by atoms with Crippen molar-refractivity contribution in [1.82, 2.24) is 5.32 Å². The number of phenolic OH excluding ortho intramolecular Hbond substituents is 1. The Kier molecular flexibility index (Phi) is 6.76. The molecule has 1 fully saturated rings. The number of halogens is 1.